The fourth-order valence-corrected chi connectivity index (χ4v) is 2.20. The van der Waals surface area contributed by atoms with E-state index in [0.29, 0.717) is 11.1 Å². The van der Waals surface area contributed by atoms with Gasteiger partial charge in [0.05, 0.1) is 18.8 Å². The van der Waals surface area contributed by atoms with Gasteiger partial charge in [-0.2, -0.15) is 5.26 Å². The van der Waals surface area contributed by atoms with Crippen LogP contribution in [0.3, 0.4) is 0 Å². The SMILES string of the molecule is COc1c(/C=C(/C#N)c2ccc(Br)cc2)cc(O)c(O)c1O. The van der Waals surface area contributed by atoms with Gasteiger partial charge in [0.15, 0.2) is 11.5 Å². The zero-order chi connectivity index (χ0) is 16.3. The van der Waals surface area contributed by atoms with E-state index < -0.39 is 17.2 Å². The molecule has 0 aliphatic carbocycles. The van der Waals surface area contributed by atoms with E-state index in [4.69, 9.17) is 4.74 Å². The molecule has 0 atom stereocenters. The molecule has 0 spiro atoms. The molecule has 0 saturated heterocycles. The number of allylic oxidation sites excluding steroid dienone is 1. The number of nitrogens with zero attached hydrogens (tertiary/aromatic N) is 1. The molecule has 0 radical (unpaired) electrons. The van der Waals surface area contributed by atoms with Crippen LogP contribution in [0.2, 0.25) is 0 Å². The molecule has 5 nitrogen and oxygen atoms in total. The van der Waals surface area contributed by atoms with Crippen LogP contribution in [0.15, 0.2) is 34.8 Å². The van der Waals surface area contributed by atoms with Gasteiger partial charge in [-0.15, -0.1) is 0 Å². The fraction of sp³-hybridized carbons (Fsp3) is 0.0625. The average Bonchev–Trinajstić information content (AvgIpc) is 2.51. The van der Waals surface area contributed by atoms with Crippen molar-refractivity contribution in [1.82, 2.24) is 0 Å². The lowest BCUT2D eigenvalue weighted by molar-refractivity contribution is 0.335. The minimum atomic E-state index is -0.670. The van der Waals surface area contributed by atoms with Gasteiger partial charge in [-0.05, 0) is 29.8 Å². The molecular weight excluding hydrogens is 350 g/mol. The van der Waals surface area contributed by atoms with Crippen LogP contribution in [0.5, 0.6) is 23.0 Å². The molecular formula is C16H12BrNO4. The van der Waals surface area contributed by atoms with Crippen LogP contribution in [-0.2, 0) is 0 Å². The molecule has 3 N–H and O–H groups in total. The van der Waals surface area contributed by atoms with Gasteiger partial charge in [-0.3, -0.25) is 0 Å². The molecule has 0 aromatic heterocycles. The van der Waals surface area contributed by atoms with Gasteiger partial charge in [-0.25, -0.2) is 0 Å². The minimum Gasteiger partial charge on any atom is -0.504 e. The predicted octanol–water partition coefficient (Wildman–Crippen LogP) is 3.64. The van der Waals surface area contributed by atoms with E-state index in [1.165, 1.54) is 19.3 Å². The van der Waals surface area contributed by atoms with Gasteiger partial charge >= 0.3 is 0 Å². The summed E-state index contributed by atoms with van der Waals surface area (Å²) < 4.78 is 5.91. The zero-order valence-electron chi connectivity index (χ0n) is 11.5. The predicted molar refractivity (Wildman–Crippen MR) is 85.6 cm³/mol. The molecule has 2 aromatic carbocycles. The molecule has 6 heteroatoms. The number of rotatable bonds is 3. The third-order valence-corrected chi connectivity index (χ3v) is 3.54. The van der Waals surface area contributed by atoms with Crippen molar-refractivity contribution in [1.29, 1.82) is 5.26 Å². The maximum absolute atomic E-state index is 9.80. The van der Waals surface area contributed by atoms with Crippen LogP contribution in [0, 0.1) is 11.3 Å². The smallest absolute Gasteiger partial charge is 0.205 e. The summed E-state index contributed by atoms with van der Waals surface area (Å²) in [5, 5.41) is 38.2. The number of phenolic OH excluding ortho intramolecular Hbond substituents is 3. The van der Waals surface area contributed by atoms with Crippen LogP contribution in [0.1, 0.15) is 11.1 Å². The van der Waals surface area contributed by atoms with Crippen LogP contribution in [-0.4, -0.2) is 22.4 Å². The highest BCUT2D eigenvalue weighted by Gasteiger charge is 2.17. The Morgan fingerprint density at radius 3 is 2.36 bits per heavy atom. The highest BCUT2D eigenvalue weighted by Crippen LogP contribution is 2.45. The lowest BCUT2D eigenvalue weighted by Gasteiger charge is -2.10. The van der Waals surface area contributed by atoms with Gasteiger partial charge in [0.2, 0.25) is 11.5 Å². The van der Waals surface area contributed by atoms with Gasteiger partial charge in [0.25, 0.3) is 0 Å². The van der Waals surface area contributed by atoms with Gasteiger partial charge in [0, 0.05) is 10.0 Å². The first-order valence-corrected chi connectivity index (χ1v) is 6.96. The van der Waals surface area contributed by atoms with Crippen LogP contribution >= 0.6 is 15.9 Å². The van der Waals surface area contributed by atoms with Crippen LogP contribution in [0.25, 0.3) is 11.6 Å². The summed E-state index contributed by atoms with van der Waals surface area (Å²) >= 11 is 3.32. The standard InChI is InChI=1S/C16H12BrNO4/c1-22-16-10(7-13(19)14(20)15(16)21)6-11(8-18)9-2-4-12(17)5-3-9/h2-7,19-21H,1H3/b11-6-. The molecule has 0 saturated carbocycles. The van der Waals surface area contributed by atoms with E-state index in [2.05, 4.69) is 22.0 Å². The lowest BCUT2D eigenvalue weighted by atomic mass is 10.0. The third kappa shape index (κ3) is 3.00. The minimum absolute atomic E-state index is 0.0276. The number of hydrogen-bond acceptors (Lipinski definition) is 5. The number of hydrogen-bond donors (Lipinski definition) is 3. The Labute approximate surface area is 135 Å². The Balaban J connectivity index is 2.60. The van der Waals surface area contributed by atoms with E-state index >= 15 is 0 Å². The van der Waals surface area contributed by atoms with Gasteiger partial charge < -0.3 is 20.1 Å². The van der Waals surface area contributed by atoms with E-state index in [9.17, 15) is 20.6 Å². The fourth-order valence-electron chi connectivity index (χ4n) is 1.93. The van der Waals surface area contributed by atoms with Crippen molar-refractivity contribution < 1.29 is 20.1 Å². The largest absolute Gasteiger partial charge is 0.504 e. The molecule has 0 unspecified atom stereocenters. The van der Waals surface area contributed by atoms with Crippen molar-refractivity contribution in [3.8, 4) is 29.1 Å². The molecule has 0 aliphatic rings. The second-order valence-electron chi connectivity index (χ2n) is 4.39. The maximum Gasteiger partial charge on any atom is 0.205 e. The van der Waals surface area contributed by atoms with E-state index in [1.54, 1.807) is 24.3 Å². The molecule has 0 bridgehead atoms. The molecule has 0 amide bonds. The molecule has 2 rings (SSSR count). The summed E-state index contributed by atoms with van der Waals surface area (Å²) in [6, 6.07) is 10.4. The second kappa shape index (κ2) is 6.41. The molecule has 2 aromatic rings. The molecule has 0 heterocycles. The van der Waals surface area contributed by atoms with Gasteiger partial charge in [-0.1, -0.05) is 28.1 Å². The third-order valence-electron chi connectivity index (χ3n) is 3.02. The Kier molecular flexibility index (Phi) is 4.59. The summed E-state index contributed by atoms with van der Waals surface area (Å²) in [6.07, 6.45) is 1.46. The topological polar surface area (TPSA) is 93.7 Å². The number of ether oxygens (including phenoxy) is 1. The van der Waals surface area contributed by atoms with E-state index in [0.717, 1.165) is 4.47 Å². The number of methoxy groups -OCH3 is 1. The van der Waals surface area contributed by atoms with E-state index in [-0.39, 0.29) is 11.3 Å². The Morgan fingerprint density at radius 1 is 1.18 bits per heavy atom. The summed E-state index contributed by atoms with van der Waals surface area (Å²) in [4.78, 5) is 0. The number of nitriles is 1. The number of phenols is 3. The molecule has 112 valence electrons. The highest BCUT2D eigenvalue weighted by atomic mass is 79.9. The van der Waals surface area contributed by atoms with Crippen LogP contribution < -0.4 is 4.74 Å². The normalized spacial score (nSPS) is 11.0. The number of halogens is 1. The Morgan fingerprint density at radius 2 is 1.82 bits per heavy atom. The summed E-state index contributed by atoms with van der Waals surface area (Å²) in [5.74, 6) is -1.78. The summed E-state index contributed by atoms with van der Waals surface area (Å²) in [5.41, 5.74) is 1.25. The molecule has 22 heavy (non-hydrogen) atoms. The summed E-state index contributed by atoms with van der Waals surface area (Å²) in [6.45, 7) is 0. The van der Waals surface area contributed by atoms with E-state index in [1.807, 2.05) is 0 Å². The average molecular weight is 362 g/mol. The van der Waals surface area contributed by atoms with Crippen molar-refractivity contribution >= 4 is 27.6 Å². The quantitative estimate of drug-likeness (QED) is 0.440. The second-order valence-corrected chi connectivity index (χ2v) is 5.31. The first-order valence-electron chi connectivity index (χ1n) is 6.17. The lowest BCUT2D eigenvalue weighted by Crippen LogP contribution is -1.90. The Bertz CT molecular complexity index is 776. The van der Waals surface area contributed by atoms with Crippen molar-refractivity contribution in [3.05, 3.63) is 45.9 Å². The number of benzene rings is 2. The molecule has 0 aliphatic heterocycles. The Hall–Kier alpha value is -2.65. The van der Waals surface area contributed by atoms with Crippen molar-refractivity contribution in [3.63, 3.8) is 0 Å². The zero-order valence-corrected chi connectivity index (χ0v) is 13.1. The van der Waals surface area contributed by atoms with Crippen molar-refractivity contribution in [2.45, 2.75) is 0 Å². The van der Waals surface area contributed by atoms with Gasteiger partial charge in [0.1, 0.15) is 0 Å². The number of aromatic hydroxyl groups is 3. The summed E-state index contributed by atoms with van der Waals surface area (Å²) in [7, 11) is 1.31. The van der Waals surface area contributed by atoms with Crippen molar-refractivity contribution in [2.24, 2.45) is 0 Å². The first kappa shape index (κ1) is 15.7. The maximum atomic E-state index is 9.80. The monoisotopic (exact) mass is 361 g/mol. The van der Waals surface area contributed by atoms with Crippen molar-refractivity contribution in [2.75, 3.05) is 7.11 Å². The molecule has 0 fully saturated rings. The van der Waals surface area contributed by atoms with Crippen LogP contribution in [0.4, 0.5) is 0 Å². The highest BCUT2D eigenvalue weighted by molar-refractivity contribution is 9.10. The first-order chi connectivity index (χ1) is 10.5.